The summed E-state index contributed by atoms with van der Waals surface area (Å²) >= 11 is 0. The lowest BCUT2D eigenvalue weighted by molar-refractivity contribution is -0.137. The molecule has 6 nitrogen and oxygen atoms in total. The lowest BCUT2D eigenvalue weighted by Crippen LogP contribution is -2.53. The van der Waals surface area contributed by atoms with E-state index in [1.54, 1.807) is 11.9 Å². The van der Waals surface area contributed by atoms with Crippen molar-refractivity contribution in [3.8, 4) is 11.1 Å². The number of benzene rings is 3. The van der Waals surface area contributed by atoms with E-state index in [-0.39, 0.29) is 18.4 Å². The predicted molar refractivity (Wildman–Crippen MR) is 121 cm³/mol. The normalized spacial score (nSPS) is 15.3. The summed E-state index contributed by atoms with van der Waals surface area (Å²) in [4.78, 5) is 25.3. The van der Waals surface area contributed by atoms with Crippen molar-refractivity contribution in [2.24, 2.45) is 0 Å². The minimum Gasteiger partial charge on any atom is -0.449 e. The minimum atomic E-state index is -0.705. The van der Waals surface area contributed by atoms with E-state index in [1.807, 2.05) is 48.5 Å². The largest absolute Gasteiger partial charge is 0.449 e. The van der Waals surface area contributed by atoms with Crippen molar-refractivity contribution in [1.82, 2.24) is 15.8 Å². The summed E-state index contributed by atoms with van der Waals surface area (Å²) in [7, 11) is 0. The van der Waals surface area contributed by atoms with Gasteiger partial charge in [-0.3, -0.25) is 9.80 Å². The maximum atomic E-state index is 12.8. The van der Waals surface area contributed by atoms with E-state index in [4.69, 9.17) is 4.74 Å². The van der Waals surface area contributed by atoms with Crippen LogP contribution in [-0.4, -0.2) is 29.7 Å². The van der Waals surface area contributed by atoms with Gasteiger partial charge in [0.2, 0.25) is 0 Å². The van der Waals surface area contributed by atoms with Gasteiger partial charge in [0.1, 0.15) is 12.6 Å². The van der Waals surface area contributed by atoms with Crippen LogP contribution >= 0.6 is 0 Å². The summed E-state index contributed by atoms with van der Waals surface area (Å²) in [6.45, 7) is 2.94. The molecule has 6 heteroatoms. The summed E-state index contributed by atoms with van der Waals surface area (Å²) in [6, 6.07) is 23.7. The second-order valence-corrected chi connectivity index (χ2v) is 8.22. The number of ether oxygens (including phenoxy) is 1. The quantitative estimate of drug-likeness (QED) is 0.661. The Morgan fingerprint density at radius 2 is 1.56 bits per heavy atom. The highest BCUT2D eigenvalue weighted by Gasteiger charge is 2.30. The average Bonchev–Trinajstić information content (AvgIpc) is 3.15. The molecule has 162 valence electrons. The second kappa shape index (κ2) is 8.48. The number of carbonyl (C=O) groups is 2. The number of hydrazine groups is 1. The van der Waals surface area contributed by atoms with Crippen molar-refractivity contribution in [1.29, 1.82) is 0 Å². The van der Waals surface area contributed by atoms with E-state index in [2.05, 4.69) is 35.0 Å². The molecule has 0 saturated heterocycles. The van der Waals surface area contributed by atoms with Crippen LogP contribution in [0.2, 0.25) is 0 Å². The van der Waals surface area contributed by atoms with Crippen LogP contribution in [0.5, 0.6) is 0 Å². The van der Waals surface area contributed by atoms with E-state index < -0.39 is 12.1 Å². The van der Waals surface area contributed by atoms with Gasteiger partial charge in [0.25, 0.3) is 5.91 Å². The van der Waals surface area contributed by atoms with Gasteiger partial charge in [0.05, 0.1) is 6.54 Å². The van der Waals surface area contributed by atoms with E-state index in [0.29, 0.717) is 13.1 Å². The van der Waals surface area contributed by atoms with Crippen LogP contribution in [0.15, 0.2) is 72.8 Å². The topological polar surface area (TPSA) is 70.7 Å². The molecule has 32 heavy (non-hydrogen) atoms. The van der Waals surface area contributed by atoms with Crippen molar-refractivity contribution < 1.29 is 14.3 Å². The molecule has 0 bridgehead atoms. The van der Waals surface area contributed by atoms with Crippen LogP contribution in [0, 0.1) is 0 Å². The third kappa shape index (κ3) is 3.74. The fraction of sp³-hybridized carbons (Fsp3) is 0.231. The van der Waals surface area contributed by atoms with Crippen LogP contribution < -0.4 is 10.7 Å². The molecule has 2 N–H and O–H groups in total. The Balaban J connectivity index is 1.20. The summed E-state index contributed by atoms with van der Waals surface area (Å²) < 4.78 is 5.56. The monoisotopic (exact) mass is 427 g/mol. The molecule has 0 saturated carbocycles. The third-order valence-corrected chi connectivity index (χ3v) is 6.22. The first kappa shape index (κ1) is 20.3. The lowest BCUT2D eigenvalue weighted by atomic mass is 9.98. The summed E-state index contributed by atoms with van der Waals surface area (Å²) in [5, 5.41) is 4.23. The number of rotatable bonds is 4. The zero-order chi connectivity index (χ0) is 22.1. The van der Waals surface area contributed by atoms with Crippen molar-refractivity contribution >= 4 is 12.0 Å². The lowest BCUT2D eigenvalue weighted by Gasteiger charge is -2.31. The molecule has 0 unspecified atom stereocenters. The smallest absolute Gasteiger partial charge is 0.407 e. The Labute approximate surface area is 187 Å². The molecule has 0 spiro atoms. The number of alkyl carbamates (subject to hydrolysis) is 1. The van der Waals surface area contributed by atoms with Gasteiger partial charge in [-0.2, -0.15) is 0 Å². The zero-order valence-electron chi connectivity index (χ0n) is 17.9. The van der Waals surface area contributed by atoms with Crippen LogP contribution in [0.3, 0.4) is 0 Å². The standard InChI is InChI=1S/C26H25N3O3/c1-17(25(30)29-15-19-9-3-2-8-18(19)14-27-29)28-26(31)32-16-24-22-12-6-4-10-20(22)21-11-5-7-13-23(21)24/h2-13,17,24,27H,14-16H2,1H3,(H,28,31)/t17-/m0/s1. The Morgan fingerprint density at radius 1 is 0.969 bits per heavy atom. The number of hydrogen-bond donors (Lipinski definition) is 2. The van der Waals surface area contributed by atoms with Gasteiger partial charge in [-0.25, -0.2) is 10.2 Å². The van der Waals surface area contributed by atoms with Gasteiger partial charge < -0.3 is 10.1 Å². The maximum Gasteiger partial charge on any atom is 0.407 e. The van der Waals surface area contributed by atoms with E-state index >= 15 is 0 Å². The molecule has 1 atom stereocenters. The number of carbonyl (C=O) groups excluding carboxylic acids is 2. The van der Waals surface area contributed by atoms with E-state index in [1.165, 1.54) is 16.7 Å². The van der Waals surface area contributed by atoms with Gasteiger partial charge in [0, 0.05) is 12.5 Å². The fourth-order valence-corrected chi connectivity index (χ4v) is 4.56. The first-order valence-electron chi connectivity index (χ1n) is 10.8. The first-order chi connectivity index (χ1) is 15.6. The first-order valence-corrected chi connectivity index (χ1v) is 10.8. The molecule has 3 aromatic rings. The highest BCUT2D eigenvalue weighted by atomic mass is 16.5. The number of hydrogen-bond acceptors (Lipinski definition) is 4. The number of nitrogens with one attached hydrogen (secondary N) is 2. The van der Waals surface area contributed by atoms with Gasteiger partial charge in [-0.15, -0.1) is 0 Å². The van der Waals surface area contributed by atoms with Gasteiger partial charge in [0.15, 0.2) is 0 Å². The van der Waals surface area contributed by atoms with Crippen LogP contribution in [0.4, 0.5) is 4.79 Å². The zero-order valence-corrected chi connectivity index (χ0v) is 17.9. The fourth-order valence-electron chi connectivity index (χ4n) is 4.56. The van der Waals surface area contributed by atoms with E-state index in [0.717, 1.165) is 16.7 Å². The molecular weight excluding hydrogens is 402 g/mol. The van der Waals surface area contributed by atoms with Gasteiger partial charge in [-0.1, -0.05) is 72.8 Å². The van der Waals surface area contributed by atoms with Crippen LogP contribution in [0.25, 0.3) is 11.1 Å². The van der Waals surface area contributed by atoms with Crippen LogP contribution in [0.1, 0.15) is 35.1 Å². The SMILES string of the molecule is C[C@H](NC(=O)OCC1c2ccccc2-c2ccccc21)C(=O)N1Cc2ccccc2CN1. The molecule has 1 heterocycles. The Kier molecular flexibility index (Phi) is 5.37. The Hall–Kier alpha value is -3.64. The van der Waals surface area contributed by atoms with Gasteiger partial charge >= 0.3 is 6.09 Å². The van der Waals surface area contributed by atoms with Crippen molar-refractivity contribution in [3.05, 3.63) is 95.1 Å². The van der Waals surface area contributed by atoms with Crippen LogP contribution in [-0.2, 0) is 22.6 Å². The van der Waals surface area contributed by atoms with Crippen molar-refractivity contribution in [2.45, 2.75) is 32.0 Å². The molecule has 3 aromatic carbocycles. The van der Waals surface area contributed by atoms with Gasteiger partial charge in [-0.05, 0) is 40.3 Å². The number of amides is 2. The molecule has 1 aliphatic heterocycles. The Bertz CT molecular complexity index is 1130. The molecule has 1 aliphatic carbocycles. The third-order valence-electron chi connectivity index (χ3n) is 6.22. The average molecular weight is 428 g/mol. The second-order valence-electron chi connectivity index (χ2n) is 8.22. The highest BCUT2D eigenvalue weighted by Crippen LogP contribution is 2.44. The van der Waals surface area contributed by atoms with Crippen molar-refractivity contribution in [3.63, 3.8) is 0 Å². The number of fused-ring (bicyclic) bond motifs is 4. The molecule has 5 rings (SSSR count). The Morgan fingerprint density at radius 3 is 2.25 bits per heavy atom. The summed E-state index contributed by atoms with van der Waals surface area (Å²) in [6.07, 6.45) is -0.592. The molecular formula is C26H25N3O3. The van der Waals surface area contributed by atoms with Crippen molar-refractivity contribution in [2.75, 3.05) is 6.61 Å². The summed E-state index contributed by atoms with van der Waals surface area (Å²) in [5.41, 5.74) is 10.1. The maximum absolute atomic E-state index is 12.8. The minimum absolute atomic E-state index is 0.0144. The predicted octanol–water partition coefficient (Wildman–Crippen LogP) is 3.96. The summed E-state index contributed by atoms with van der Waals surface area (Å²) in [5.74, 6) is -0.215. The van der Waals surface area contributed by atoms with E-state index in [9.17, 15) is 9.59 Å². The molecule has 2 amide bonds. The molecule has 0 aromatic heterocycles. The highest BCUT2D eigenvalue weighted by molar-refractivity contribution is 5.85. The molecule has 2 aliphatic rings. The molecule has 0 fully saturated rings. The molecule has 0 radical (unpaired) electrons. The number of nitrogens with zero attached hydrogens (tertiary/aromatic N) is 1.